The Bertz CT molecular complexity index is 754. The number of carbonyl (C=O) groups excluding carboxylic acids is 2. The number of allylic oxidation sites excluding steroid dienone is 1. The van der Waals surface area contributed by atoms with E-state index in [9.17, 15) is 9.59 Å². The average Bonchev–Trinajstić information content (AvgIpc) is 2.58. The number of esters is 1. The molecule has 1 unspecified atom stereocenters. The molecule has 5 heteroatoms. The van der Waals surface area contributed by atoms with Gasteiger partial charge >= 0.3 is 12.0 Å². The standard InChI is InChI=1S/C18H16N2O3/c1-12-16(23-17(21)14-10-6-3-7-11-14)15(20-18(22)19-12)13-8-4-2-5-9-13/h2-11,15H,1H3,(H2,19,20,22). The number of hydrogen-bond acceptors (Lipinski definition) is 3. The second kappa shape index (κ2) is 6.36. The molecule has 1 atom stereocenters. The van der Waals surface area contributed by atoms with Gasteiger partial charge in [-0.1, -0.05) is 48.5 Å². The van der Waals surface area contributed by atoms with Crippen LogP contribution in [0.15, 0.2) is 72.1 Å². The summed E-state index contributed by atoms with van der Waals surface area (Å²) in [6.45, 7) is 1.71. The molecule has 0 radical (unpaired) electrons. The van der Waals surface area contributed by atoms with Gasteiger partial charge in [-0.3, -0.25) is 0 Å². The smallest absolute Gasteiger partial charge is 0.343 e. The van der Waals surface area contributed by atoms with E-state index in [1.807, 2.05) is 36.4 Å². The topological polar surface area (TPSA) is 67.4 Å². The lowest BCUT2D eigenvalue weighted by atomic mass is 10.0. The Balaban J connectivity index is 1.92. The fraction of sp³-hybridized carbons (Fsp3) is 0.111. The van der Waals surface area contributed by atoms with Gasteiger partial charge < -0.3 is 15.4 Å². The van der Waals surface area contributed by atoms with Gasteiger partial charge in [-0.15, -0.1) is 0 Å². The third-order valence-corrected chi connectivity index (χ3v) is 3.55. The minimum Gasteiger partial charge on any atom is -0.423 e. The van der Waals surface area contributed by atoms with Crippen LogP contribution in [0.3, 0.4) is 0 Å². The molecule has 0 bridgehead atoms. The van der Waals surface area contributed by atoms with Crippen LogP contribution in [-0.4, -0.2) is 12.0 Å². The van der Waals surface area contributed by atoms with Crippen molar-refractivity contribution < 1.29 is 14.3 Å². The summed E-state index contributed by atoms with van der Waals surface area (Å²) in [5.41, 5.74) is 1.82. The van der Waals surface area contributed by atoms with Crippen LogP contribution in [0.2, 0.25) is 0 Å². The van der Waals surface area contributed by atoms with Crippen molar-refractivity contribution >= 4 is 12.0 Å². The van der Waals surface area contributed by atoms with Crippen LogP contribution >= 0.6 is 0 Å². The summed E-state index contributed by atoms with van der Waals surface area (Å²) in [6, 6.07) is 17.3. The lowest BCUT2D eigenvalue weighted by molar-refractivity contribution is 0.0587. The molecule has 1 aliphatic heterocycles. The van der Waals surface area contributed by atoms with Gasteiger partial charge in [0.2, 0.25) is 0 Å². The molecule has 0 fully saturated rings. The lowest BCUT2D eigenvalue weighted by Gasteiger charge is -2.28. The number of rotatable bonds is 3. The molecule has 0 saturated carbocycles. The third-order valence-electron chi connectivity index (χ3n) is 3.55. The van der Waals surface area contributed by atoms with E-state index in [1.54, 1.807) is 31.2 Å². The van der Waals surface area contributed by atoms with Crippen molar-refractivity contribution in [2.24, 2.45) is 0 Å². The summed E-state index contributed by atoms with van der Waals surface area (Å²) in [5.74, 6) is -0.0662. The molecule has 116 valence electrons. The molecule has 5 nitrogen and oxygen atoms in total. The van der Waals surface area contributed by atoms with Crippen LogP contribution in [0.1, 0.15) is 28.9 Å². The Hall–Kier alpha value is -3.08. The fourth-order valence-corrected chi connectivity index (χ4v) is 2.43. The van der Waals surface area contributed by atoms with Crippen LogP contribution in [-0.2, 0) is 4.74 Å². The number of urea groups is 1. The van der Waals surface area contributed by atoms with E-state index in [0.717, 1.165) is 5.56 Å². The average molecular weight is 308 g/mol. The molecule has 1 aliphatic rings. The molecular formula is C18H16N2O3. The SMILES string of the molecule is CC1=C(OC(=O)c2ccccc2)C(c2ccccc2)NC(=O)N1. The van der Waals surface area contributed by atoms with Crippen LogP contribution in [0.4, 0.5) is 4.79 Å². The molecule has 2 aromatic rings. The molecule has 3 rings (SSSR count). The number of amides is 2. The van der Waals surface area contributed by atoms with Crippen molar-refractivity contribution in [2.75, 3.05) is 0 Å². The van der Waals surface area contributed by atoms with Gasteiger partial charge in [0.15, 0.2) is 5.76 Å². The van der Waals surface area contributed by atoms with E-state index >= 15 is 0 Å². The highest BCUT2D eigenvalue weighted by Gasteiger charge is 2.29. The number of benzene rings is 2. The maximum absolute atomic E-state index is 12.3. The van der Waals surface area contributed by atoms with Crippen LogP contribution in [0.5, 0.6) is 0 Å². The Labute approximate surface area is 134 Å². The highest BCUT2D eigenvalue weighted by atomic mass is 16.5. The minimum absolute atomic E-state index is 0.323. The summed E-state index contributed by atoms with van der Waals surface area (Å²) in [5, 5.41) is 5.42. The molecular weight excluding hydrogens is 292 g/mol. The number of nitrogens with one attached hydrogen (secondary N) is 2. The molecule has 2 aromatic carbocycles. The van der Waals surface area contributed by atoms with E-state index in [2.05, 4.69) is 10.6 Å². The molecule has 2 N–H and O–H groups in total. The third kappa shape index (κ3) is 3.23. The highest BCUT2D eigenvalue weighted by Crippen LogP contribution is 2.28. The first-order valence-corrected chi connectivity index (χ1v) is 7.25. The van der Waals surface area contributed by atoms with Crippen LogP contribution in [0, 0.1) is 0 Å². The second-order valence-electron chi connectivity index (χ2n) is 5.19. The summed E-state index contributed by atoms with van der Waals surface area (Å²) in [4.78, 5) is 24.1. The first-order valence-electron chi connectivity index (χ1n) is 7.25. The largest absolute Gasteiger partial charge is 0.423 e. The Morgan fingerprint density at radius 2 is 1.61 bits per heavy atom. The molecule has 0 saturated heterocycles. The van der Waals surface area contributed by atoms with E-state index in [-0.39, 0.29) is 6.03 Å². The second-order valence-corrected chi connectivity index (χ2v) is 5.19. The Morgan fingerprint density at radius 1 is 1.00 bits per heavy atom. The van der Waals surface area contributed by atoms with Crippen molar-refractivity contribution in [1.29, 1.82) is 0 Å². The zero-order valence-electron chi connectivity index (χ0n) is 12.6. The predicted molar refractivity (Wildman–Crippen MR) is 85.4 cm³/mol. The van der Waals surface area contributed by atoms with Crippen LogP contribution < -0.4 is 10.6 Å². The summed E-state index contributed by atoms with van der Waals surface area (Å²) < 4.78 is 5.57. The Kier molecular flexibility index (Phi) is 4.10. The Morgan fingerprint density at radius 3 is 2.26 bits per heavy atom. The minimum atomic E-state index is -0.502. The highest BCUT2D eigenvalue weighted by molar-refractivity contribution is 5.90. The number of ether oxygens (including phenoxy) is 1. The van der Waals surface area contributed by atoms with Crippen molar-refractivity contribution in [1.82, 2.24) is 10.6 Å². The number of carbonyl (C=O) groups is 2. The summed E-state index contributed by atoms with van der Waals surface area (Å²) >= 11 is 0. The van der Waals surface area contributed by atoms with E-state index in [0.29, 0.717) is 17.0 Å². The van der Waals surface area contributed by atoms with Gasteiger partial charge in [0.25, 0.3) is 0 Å². The van der Waals surface area contributed by atoms with Gasteiger partial charge in [0, 0.05) is 0 Å². The quantitative estimate of drug-likeness (QED) is 0.856. The molecule has 1 heterocycles. The maximum atomic E-state index is 12.3. The first kappa shape index (κ1) is 14.8. The van der Waals surface area contributed by atoms with Gasteiger partial charge in [0.05, 0.1) is 11.3 Å². The summed E-state index contributed by atoms with van der Waals surface area (Å²) in [7, 11) is 0. The zero-order valence-corrected chi connectivity index (χ0v) is 12.6. The van der Waals surface area contributed by atoms with Crippen molar-refractivity contribution in [3.05, 3.63) is 83.2 Å². The molecule has 0 aliphatic carbocycles. The molecule has 0 aromatic heterocycles. The predicted octanol–water partition coefficient (Wildman–Crippen LogP) is 3.13. The maximum Gasteiger partial charge on any atom is 0.343 e. The molecule has 0 spiro atoms. The van der Waals surface area contributed by atoms with Gasteiger partial charge in [-0.25, -0.2) is 9.59 Å². The van der Waals surface area contributed by atoms with Gasteiger partial charge in [-0.2, -0.15) is 0 Å². The number of hydrogen-bond donors (Lipinski definition) is 2. The van der Waals surface area contributed by atoms with Crippen molar-refractivity contribution in [2.45, 2.75) is 13.0 Å². The zero-order chi connectivity index (χ0) is 16.2. The van der Waals surface area contributed by atoms with Crippen LogP contribution in [0.25, 0.3) is 0 Å². The normalized spacial score (nSPS) is 17.3. The monoisotopic (exact) mass is 308 g/mol. The van der Waals surface area contributed by atoms with E-state index < -0.39 is 12.0 Å². The lowest BCUT2D eigenvalue weighted by Crippen LogP contribution is -2.44. The first-order chi connectivity index (χ1) is 11.1. The van der Waals surface area contributed by atoms with Crippen molar-refractivity contribution in [3.8, 4) is 0 Å². The molecule has 2 amide bonds. The van der Waals surface area contributed by atoms with E-state index in [1.165, 1.54) is 0 Å². The fourth-order valence-electron chi connectivity index (χ4n) is 2.43. The molecule has 23 heavy (non-hydrogen) atoms. The van der Waals surface area contributed by atoms with Crippen molar-refractivity contribution in [3.63, 3.8) is 0 Å². The van der Waals surface area contributed by atoms with Gasteiger partial charge in [0.1, 0.15) is 6.04 Å². The van der Waals surface area contributed by atoms with Gasteiger partial charge in [-0.05, 0) is 24.6 Å². The summed E-state index contributed by atoms with van der Waals surface area (Å²) in [6.07, 6.45) is 0. The van der Waals surface area contributed by atoms with E-state index in [4.69, 9.17) is 4.74 Å².